The van der Waals surface area contributed by atoms with Crippen molar-refractivity contribution in [3.05, 3.63) is 50.1 Å². The smallest absolute Gasteiger partial charge is 0.311 e. The minimum absolute atomic E-state index is 0.0752. The van der Waals surface area contributed by atoms with E-state index in [1.807, 2.05) is 39.0 Å². The summed E-state index contributed by atoms with van der Waals surface area (Å²) in [5.41, 5.74) is 1.08. The summed E-state index contributed by atoms with van der Waals surface area (Å²) in [6, 6.07) is 10.2. The van der Waals surface area contributed by atoms with Gasteiger partial charge in [-0.05, 0) is 73.2 Å². The molecule has 0 N–H and O–H groups in total. The molecule has 0 radical (unpaired) electrons. The minimum Gasteiger partial charge on any atom is -0.490 e. The maximum absolute atomic E-state index is 11.4. The highest BCUT2D eigenvalue weighted by Gasteiger charge is 2.20. The van der Waals surface area contributed by atoms with Crippen LogP contribution in [0, 0.1) is 13.7 Å². The van der Waals surface area contributed by atoms with Crippen molar-refractivity contribution in [2.75, 3.05) is 6.61 Å². The third kappa shape index (κ3) is 5.03. The van der Waals surface area contributed by atoms with Gasteiger partial charge in [0, 0.05) is 17.2 Å². The summed E-state index contributed by atoms with van der Waals surface area (Å²) in [4.78, 5) is 15.3. The molecule has 0 spiro atoms. The monoisotopic (exact) mass is 509 g/mol. The highest BCUT2D eigenvalue weighted by atomic mass is 127. The summed E-state index contributed by atoms with van der Waals surface area (Å²) < 4.78 is 17.4. The number of nitro groups is 1. The molecule has 0 atom stereocenters. The van der Waals surface area contributed by atoms with E-state index >= 15 is 0 Å². The minimum atomic E-state index is -0.485. The average molecular weight is 509 g/mol. The second kappa shape index (κ2) is 9.21. The summed E-state index contributed by atoms with van der Waals surface area (Å²) in [5, 5.41) is 15.4. The molecule has 2 aromatic carbocycles. The van der Waals surface area contributed by atoms with Gasteiger partial charge in [-0.15, -0.1) is 0 Å². The number of ether oxygens (including phenoxy) is 2. The van der Waals surface area contributed by atoms with E-state index in [0.717, 1.165) is 21.3 Å². The lowest BCUT2D eigenvalue weighted by molar-refractivity contribution is -0.385. The fourth-order valence-electron chi connectivity index (χ4n) is 2.57. The van der Waals surface area contributed by atoms with Crippen molar-refractivity contribution in [3.63, 3.8) is 0 Å². The van der Waals surface area contributed by atoms with Crippen molar-refractivity contribution in [1.82, 2.24) is 10.1 Å². The summed E-state index contributed by atoms with van der Waals surface area (Å²) in [7, 11) is 0. The first-order chi connectivity index (χ1) is 13.9. The number of rotatable bonds is 8. The van der Waals surface area contributed by atoms with Crippen LogP contribution in [-0.4, -0.2) is 27.8 Å². The summed E-state index contributed by atoms with van der Waals surface area (Å²) >= 11 is 2.19. The zero-order chi connectivity index (χ0) is 21.0. The lowest BCUT2D eigenvalue weighted by atomic mass is 10.1. The van der Waals surface area contributed by atoms with Gasteiger partial charge in [0.15, 0.2) is 5.75 Å². The molecule has 9 heteroatoms. The van der Waals surface area contributed by atoms with Crippen molar-refractivity contribution in [2.45, 2.75) is 33.3 Å². The predicted octanol–water partition coefficient (Wildman–Crippen LogP) is 5.49. The molecule has 0 aliphatic carbocycles. The van der Waals surface area contributed by atoms with Gasteiger partial charge in [-0.3, -0.25) is 10.1 Å². The van der Waals surface area contributed by atoms with E-state index in [1.54, 1.807) is 12.1 Å². The van der Waals surface area contributed by atoms with Crippen LogP contribution in [0.1, 0.15) is 27.2 Å². The Kier molecular flexibility index (Phi) is 6.68. The fraction of sp³-hybridized carbons (Fsp3) is 0.300. The van der Waals surface area contributed by atoms with E-state index in [-0.39, 0.29) is 23.4 Å². The highest BCUT2D eigenvalue weighted by Crippen LogP contribution is 2.33. The normalized spacial score (nSPS) is 10.9. The van der Waals surface area contributed by atoms with Gasteiger partial charge >= 0.3 is 5.69 Å². The predicted molar refractivity (Wildman–Crippen MR) is 116 cm³/mol. The third-order valence-corrected chi connectivity index (χ3v) is 4.69. The molecule has 1 heterocycles. The number of halogens is 1. The van der Waals surface area contributed by atoms with Crippen molar-refractivity contribution in [3.8, 4) is 34.3 Å². The Bertz CT molecular complexity index is 1020. The third-order valence-electron chi connectivity index (χ3n) is 3.84. The van der Waals surface area contributed by atoms with E-state index in [4.69, 9.17) is 14.0 Å². The molecule has 0 saturated heterocycles. The van der Waals surface area contributed by atoms with Crippen molar-refractivity contribution < 1.29 is 18.9 Å². The molecule has 3 aromatic rings. The van der Waals surface area contributed by atoms with Crippen LogP contribution in [-0.2, 0) is 0 Å². The van der Waals surface area contributed by atoms with Gasteiger partial charge < -0.3 is 14.0 Å². The molecule has 3 rings (SSSR count). The molecule has 0 bridgehead atoms. The molecule has 0 aliphatic heterocycles. The van der Waals surface area contributed by atoms with Gasteiger partial charge in [-0.25, -0.2) is 0 Å². The topological polar surface area (TPSA) is 101 Å². The standard InChI is InChI=1S/C20H20IN3O5/c1-4-9-27-18-8-6-14(11-16(18)24(25)26)20-22-19(23-29-20)13-5-7-17(15(21)10-13)28-12(2)3/h5-8,10-12H,4,9H2,1-3H3. The fourth-order valence-corrected chi connectivity index (χ4v) is 3.22. The van der Waals surface area contributed by atoms with Crippen LogP contribution in [0.2, 0.25) is 0 Å². The molecular weight excluding hydrogens is 489 g/mol. The Morgan fingerprint density at radius 2 is 1.90 bits per heavy atom. The van der Waals surface area contributed by atoms with Crippen LogP contribution in [0.3, 0.4) is 0 Å². The first kappa shape index (κ1) is 21.0. The van der Waals surface area contributed by atoms with Crippen molar-refractivity contribution in [1.29, 1.82) is 0 Å². The number of hydrogen-bond acceptors (Lipinski definition) is 7. The summed E-state index contributed by atoms with van der Waals surface area (Å²) in [5.74, 6) is 1.59. The number of hydrogen-bond donors (Lipinski definition) is 0. The first-order valence-corrected chi connectivity index (χ1v) is 10.2. The van der Waals surface area contributed by atoms with Crippen LogP contribution in [0.25, 0.3) is 22.8 Å². The number of benzene rings is 2. The van der Waals surface area contributed by atoms with Gasteiger partial charge in [0.2, 0.25) is 5.82 Å². The number of aromatic nitrogens is 2. The van der Waals surface area contributed by atoms with Crippen molar-refractivity contribution in [2.24, 2.45) is 0 Å². The lowest BCUT2D eigenvalue weighted by Gasteiger charge is -2.11. The quantitative estimate of drug-likeness (QED) is 0.225. The van der Waals surface area contributed by atoms with Gasteiger partial charge in [0.05, 0.1) is 21.2 Å². The van der Waals surface area contributed by atoms with Gasteiger partial charge in [0.1, 0.15) is 5.75 Å². The Morgan fingerprint density at radius 3 is 2.55 bits per heavy atom. The van der Waals surface area contributed by atoms with Crippen LogP contribution < -0.4 is 9.47 Å². The average Bonchev–Trinajstić information content (AvgIpc) is 3.17. The van der Waals surface area contributed by atoms with E-state index < -0.39 is 4.92 Å². The Morgan fingerprint density at radius 1 is 1.17 bits per heavy atom. The molecule has 0 unspecified atom stereocenters. The molecular formula is C20H20IN3O5. The molecule has 0 saturated carbocycles. The maximum atomic E-state index is 11.4. The number of nitro benzene ring substituents is 1. The SMILES string of the molecule is CCCOc1ccc(-c2nc(-c3ccc(OC(C)C)c(I)c3)no2)cc1[N+](=O)[O-]. The number of nitrogens with zero attached hydrogens (tertiary/aromatic N) is 3. The van der Waals surface area contributed by atoms with Gasteiger partial charge in [-0.1, -0.05) is 12.1 Å². The van der Waals surface area contributed by atoms with E-state index in [1.165, 1.54) is 6.07 Å². The maximum Gasteiger partial charge on any atom is 0.311 e. The molecule has 29 heavy (non-hydrogen) atoms. The second-order valence-electron chi connectivity index (χ2n) is 6.52. The Hall–Kier alpha value is -2.69. The van der Waals surface area contributed by atoms with E-state index in [2.05, 4.69) is 32.7 Å². The van der Waals surface area contributed by atoms with Crippen molar-refractivity contribution >= 4 is 28.3 Å². The summed E-state index contributed by atoms with van der Waals surface area (Å²) in [6.07, 6.45) is 0.831. The lowest BCUT2D eigenvalue weighted by Crippen LogP contribution is -2.06. The molecule has 152 valence electrons. The second-order valence-corrected chi connectivity index (χ2v) is 7.69. The first-order valence-electron chi connectivity index (χ1n) is 9.11. The zero-order valence-corrected chi connectivity index (χ0v) is 18.4. The molecule has 8 nitrogen and oxygen atoms in total. The Labute approximate surface area is 181 Å². The van der Waals surface area contributed by atoms with Gasteiger partial charge in [0.25, 0.3) is 5.89 Å². The van der Waals surface area contributed by atoms with E-state index in [9.17, 15) is 10.1 Å². The van der Waals surface area contributed by atoms with Crippen LogP contribution in [0.4, 0.5) is 5.69 Å². The largest absolute Gasteiger partial charge is 0.490 e. The zero-order valence-electron chi connectivity index (χ0n) is 16.2. The molecule has 0 amide bonds. The van der Waals surface area contributed by atoms with Crippen LogP contribution in [0.5, 0.6) is 11.5 Å². The van der Waals surface area contributed by atoms with Gasteiger partial charge in [-0.2, -0.15) is 4.98 Å². The molecule has 0 fully saturated rings. The molecule has 1 aromatic heterocycles. The van der Waals surface area contributed by atoms with Crippen LogP contribution in [0.15, 0.2) is 40.9 Å². The highest BCUT2D eigenvalue weighted by molar-refractivity contribution is 14.1. The van der Waals surface area contributed by atoms with E-state index in [0.29, 0.717) is 18.0 Å². The summed E-state index contributed by atoms with van der Waals surface area (Å²) in [6.45, 7) is 6.27. The molecule has 0 aliphatic rings. The Balaban J connectivity index is 1.89. The van der Waals surface area contributed by atoms with Crippen LogP contribution >= 0.6 is 22.6 Å².